The van der Waals surface area contributed by atoms with Crippen molar-refractivity contribution in [3.05, 3.63) is 57.0 Å². The Balaban J connectivity index is 1.42. The molecule has 4 amide bonds. The summed E-state index contributed by atoms with van der Waals surface area (Å²) in [4.78, 5) is 54.6. The fourth-order valence-corrected chi connectivity index (χ4v) is 4.50. The van der Waals surface area contributed by atoms with Crippen LogP contribution in [0.3, 0.4) is 0 Å². The molecule has 1 atom stereocenters. The van der Waals surface area contributed by atoms with Gasteiger partial charge < -0.3 is 10.6 Å². The van der Waals surface area contributed by atoms with Crippen LogP contribution in [0.25, 0.3) is 10.2 Å². The number of urea groups is 1. The topological polar surface area (TPSA) is 122 Å². The molecule has 3 aromatic rings. The lowest BCUT2D eigenvalue weighted by Crippen LogP contribution is -2.40. The molecule has 0 saturated carbocycles. The molecule has 1 aromatic carbocycles. The first-order chi connectivity index (χ1) is 14.7. The highest BCUT2D eigenvalue weighted by Gasteiger charge is 2.43. The van der Waals surface area contributed by atoms with Crippen molar-refractivity contribution < 1.29 is 14.4 Å². The Kier molecular flexibility index (Phi) is 5.10. The number of carbonyl (C=O) groups excluding carboxylic acids is 3. The SMILES string of the molecule is Cc1sc2ncn(CCC(=O)Nc3ccc(C4(C)NC(=O)NC4=O)cc3)c(=O)c2c1C. The number of fused-ring (bicyclic) bond motifs is 1. The van der Waals surface area contributed by atoms with E-state index >= 15 is 0 Å². The van der Waals surface area contributed by atoms with Crippen LogP contribution in [-0.4, -0.2) is 27.4 Å². The Morgan fingerprint density at radius 1 is 1.19 bits per heavy atom. The smallest absolute Gasteiger partial charge is 0.322 e. The first kappa shape index (κ1) is 20.7. The van der Waals surface area contributed by atoms with E-state index in [1.165, 1.54) is 22.2 Å². The molecule has 0 aliphatic carbocycles. The quantitative estimate of drug-likeness (QED) is 0.526. The second-order valence-corrected chi connectivity index (χ2v) is 8.82. The molecule has 0 bridgehead atoms. The number of rotatable bonds is 5. The van der Waals surface area contributed by atoms with Crippen molar-refractivity contribution in [3.63, 3.8) is 0 Å². The van der Waals surface area contributed by atoms with Gasteiger partial charge >= 0.3 is 6.03 Å². The summed E-state index contributed by atoms with van der Waals surface area (Å²) in [7, 11) is 0. The van der Waals surface area contributed by atoms with Crippen LogP contribution in [0, 0.1) is 13.8 Å². The van der Waals surface area contributed by atoms with E-state index in [0.717, 1.165) is 10.4 Å². The summed E-state index contributed by atoms with van der Waals surface area (Å²) in [5.74, 6) is -0.683. The van der Waals surface area contributed by atoms with Crippen molar-refractivity contribution in [1.82, 2.24) is 20.2 Å². The second-order valence-electron chi connectivity index (χ2n) is 7.62. The molecular weight excluding hydrogens is 418 g/mol. The van der Waals surface area contributed by atoms with Crippen molar-refractivity contribution in [2.24, 2.45) is 0 Å². The predicted octanol–water partition coefficient (Wildman–Crippen LogP) is 2.16. The lowest BCUT2D eigenvalue weighted by atomic mass is 9.92. The van der Waals surface area contributed by atoms with Gasteiger partial charge in [0.15, 0.2) is 0 Å². The Hall–Kier alpha value is -3.53. The molecule has 1 aliphatic heterocycles. The van der Waals surface area contributed by atoms with Gasteiger partial charge in [-0.15, -0.1) is 11.3 Å². The van der Waals surface area contributed by atoms with Gasteiger partial charge in [-0.25, -0.2) is 9.78 Å². The van der Waals surface area contributed by atoms with Crippen LogP contribution in [0.15, 0.2) is 35.4 Å². The average Bonchev–Trinajstić information content (AvgIpc) is 3.16. The number of imide groups is 1. The maximum Gasteiger partial charge on any atom is 0.322 e. The lowest BCUT2D eigenvalue weighted by Gasteiger charge is -2.21. The number of aromatic nitrogens is 2. The van der Waals surface area contributed by atoms with E-state index in [-0.39, 0.29) is 24.4 Å². The zero-order valence-corrected chi connectivity index (χ0v) is 18.1. The van der Waals surface area contributed by atoms with Crippen molar-refractivity contribution in [1.29, 1.82) is 0 Å². The Labute approximate surface area is 181 Å². The van der Waals surface area contributed by atoms with Gasteiger partial charge in [0.2, 0.25) is 5.91 Å². The molecule has 31 heavy (non-hydrogen) atoms. The number of benzene rings is 1. The number of carbonyl (C=O) groups is 3. The molecule has 0 radical (unpaired) electrons. The standard InChI is InChI=1S/C21H21N5O4S/c1-11-12(2)31-17-16(11)18(28)26(10-22-17)9-8-15(27)23-14-6-4-13(5-7-14)21(3)19(29)24-20(30)25-21/h4-7,10H,8-9H2,1-3H3,(H,23,27)(H2,24,25,29,30). The maximum atomic E-state index is 12.7. The van der Waals surface area contributed by atoms with Crippen molar-refractivity contribution >= 4 is 45.1 Å². The van der Waals surface area contributed by atoms with Crippen molar-refractivity contribution in [2.45, 2.75) is 39.3 Å². The highest BCUT2D eigenvalue weighted by Crippen LogP contribution is 2.26. The van der Waals surface area contributed by atoms with E-state index in [4.69, 9.17) is 0 Å². The summed E-state index contributed by atoms with van der Waals surface area (Å²) in [6, 6.07) is 6.12. The fraction of sp³-hybridized carbons (Fsp3) is 0.286. The number of nitrogens with one attached hydrogen (secondary N) is 3. The van der Waals surface area contributed by atoms with Crippen LogP contribution < -0.4 is 21.5 Å². The predicted molar refractivity (Wildman–Crippen MR) is 117 cm³/mol. The van der Waals surface area contributed by atoms with Gasteiger partial charge in [0.1, 0.15) is 10.4 Å². The molecule has 4 rings (SSSR count). The highest BCUT2D eigenvalue weighted by molar-refractivity contribution is 7.18. The summed E-state index contributed by atoms with van der Waals surface area (Å²) in [6.45, 7) is 5.68. The molecule has 1 fully saturated rings. The summed E-state index contributed by atoms with van der Waals surface area (Å²) < 4.78 is 1.45. The minimum Gasteiger partial charge on any atom is -0.326 e. The molecular formula is C21H21N5O4S. The third-order valence-electron chi connectivity index (χ3n) is 5.53. The number of aryl methyl sites for hydroxylation is 3. The van der Waals surface area contributed by atoms with E-state index < -0.39 is 17.5 Å². The Morgan fingerprint density at radius 2 is 1.90 bits per heavy atom. The van der Waals surface area contributed by atoms with Crippen LogP contribution >= 0.6 is 11.3 Å². The molecule has 9 nitrogen and oxygen atoms in total. The van der Waals surface area contributed by atoms with Gasteiger partial charge in [-0.3, -0.25) is 24.3 Å². The third-order valence-corrected chi connectivity index (χ3v) is 6.64. The molecule has 1 saturated heterocycles. The second kappa shape index (κ2) is 7.62. The first-order valence-corrected chi connectivity index (χ1v) is 10.5. The van der Waals surface area contributed by atoms with E-state index in [1.807, 2.05) is 13.8 Å². The van der Waals surface area contributed by atoms with E-state index in [9.17, 15) is 19.2 Å². The number of anilines is 1. The lowest BCUT2D eigenvalue weighted by molar-refractivity contribution is -0.123. The third kappa shape index (κ3) is 3.70. The van der Waals surface area contributed by atoms with Gasteiger partial charge in [0, 0.05) is 23.5 Å². The molecule has 2 aromatic heterocycles. The molecule has 1 aliphatic rings. The molecule has 1 unspecified atom stereocenters. The first-order valence-electron chi connectivity index (χ1n) is 9.68. The fourth-order valence-electron chi connectivity index (χ4n) is 3.51. The van der Waals surface area contributed by atoms with Gasteiger partial charge in [0.25, 0.3) is 11.5 Å². The summed E-state index contributed by atoms with van der Waals surface area (Å²) >= 11 is 1.49. The molecule has 3 N–H and O–H groups in total. The van der Waals surface area contributed by atoms with Crippen molar-refractivity contribution in [2.75, 3.05) is 5.32 Å². The number of amides is 4. The van der Waals surface area contributed by atoms with Crippen LogP contribution in [-0.2, 0) is 21.7 Å². The van der Waals surface area contributed by atoms with Crippen LogP contribution in [0.4, 0.5) is 10.5 Å². The van der Waals surface area contributed by atoms with Crippen LogP contribution in [0.1, 0.15) is 29.3 Å². The van der Waals surface area contributed by atoms with Crippen LogP contribution in [0.5, 0.6) is 0 Å². The minimum absolute atomic E-state index is 0.104. The van der Waals surface area contributed by atoms with E-state index in [1.54, 1.807) is 31.2 Å². The van der Waals surface area contributed by atoms with E-state index in [2.05, 4.69) is 20.9 Å². The zero-order chi connectivity index (χ0) is 22.3. The molecule has 160 valence electrons. The highest BCUT2D eigenvalue weighted by atomic mass is 32.1. The summed E-state index contributed by atoms with van der Waals surface area (Å²) in [5.41, 5.74) is 0.782. The van der Waals surface area contributed by atoms with Gasteiger partial charge in [-0.1, -0.05) is 12.1 Å². The largest absolute Gasteiger partial charge is 0.326 e. The molecule has 3 heterocycles. The summed E-state index contributed by atoms with van der Waals surface area (Å²) in [5, 5.41) is 8.19. The Bertz CT molecular complexity index is 1280. The summed E-state index contributed by atoms with van der Waals surface area (Å²) in [6.07, 6.45) is 1.58. The number of thiophene rings is 1. The number of hydrogen-bond donors (Lipinski definition) is 3. The molecule has 10 heteroatoms. The van der Waals surface area contributed by atoms with E-state index in [0.29, 0.717) is 21.5 Å². The van der Waals surface area contributed by atoms with Gasteiger partial charge in [-0.2, -0.15) is 0 Å². The van der Waals surface area contributed by atoms with Gasteiger partial charge in [-0.05, 0) is 44.0 Å². The van der Waals surface area contributed by atoms with Crippen LogP contribution in [0.2, 0.25) is 0 Å². The number of hydrogen-bond acceptors (Lipinski definition) is 6. The maximum absolute atomic E-state index is 12.7. The Morgan fingerprint density at radius 3 is 2.55 bits per heavy atom. The normalized spacial score (nSPS) is 18.2. The van der Waals surface area contributed by atoms with Crippen molar-refractivity contribution in [3.8, 4) is 0 Å². The number of nitrogens with zero attached hydrogens (tertiary/aromatic N) is 2. The van der Waals surface area contributed by atoms with Gasteiger partial charge in [0.05, 0.1) is 11.7 Å². The zero-order valence-electron chi connectivity index (χ0n) is 17.2. The monoisotopic (exact) mass is 439 g/mol. The molecule has 0 spiro atoms. The minimum atomic E-state index is -1.15. The average molecular weight is 439 g/mol.